The molecule has 2 nitrogen and oxygen atoms in total. The molecule has 0 saturated carbocycles. The summed E-state index contributed by atoms with van der Waals surface area (Å²) >= 11 is 0. The molecule has 0 aliphatic heterocycles. The van der Waals surface area contributed by atoms with Crippen LogP contribution in [0.1, 0.15) is 16.8 Å². The molecule has 0 spiro atoms. The first-order chi connectivity index (χ1) is 7.58. The minimum absolute atomic E-state index is 1.09. The van der Waals surface area contributed by atoms with Gasteiger partial charge in [0.25, 0.3) is 0 Å². The number of benzene rings is 1. The SMILES string of the molecule is Cc1ccc2[nH]c(CCN(C)C)c(C)c2c1. The fourth-order valence-electron chi connectivity index (χ4n) is 2.08. The lowest BCUT2D eigenvalue weighted by Gasteiger charge is -2.08. The van der Waals surface area contributed by atoms with E-state index in [1.54, 1.807) is 0 Å². The Morgan fingerprint density at radius 1 is 1.19 bits per heavy atom. The van der Waals surface area contributed by atoms with Crippen LogP contribution in [0.2, 0.25) is 0 Å². The standard InChI is InChI=1S/C14H20N2/c1-10-5-6-14-12(9-10)11(2)13(15-14)7-8-16(3)4/h5-6,9,15H,7-8H2,1-4H3. The Kier molecular flexibility index (Phi) is 3.01. The maximum absolute atomic E-state index is 3.52. The largest absolute Gasteiger partial charge is 0.358 e. The number of aromatic amines is 1. The van der Waals surface area contributed by atoms with Crippen LogP contribution in [-0.4, -0.2) is 30.5 Å². The number of nitrogens with one attached hydrogen (secondary N) is 1. The van der Waals surface area contributed by atoms with Gasteiger partial charge in [-0.15, -0.1) is 0 Å². The van der Waals surface area contributed by atoms with Crippen LogP contribution in [0.5, 0.6) is 0 Å². The van der Waals surface area contributed by atoms with Crippen molar-refractivity contribution in [2.75, 3.05) is 20.6 Å². The summed E-state index contributed by atoms with van der Waals surface area (Å²) in [7, 11) is 4.23. The molecule has 2 rings (SSSR count). The topological polar surface area (TPSA) is 19.0 Å². The summed E-state index contributed by atoms with van der Waals surface area (Å²) in [4.78, 5) is 5.74. The van der Waals surface area contributed by atoms with Crippen LogP contribution >= 0.6 is 0 Å². The van der Waals surface area contributed by atoms with E-state index in [2.05, 4.69) is 56.0 Å². The zero-order valence-electron chi connectivity index (χ0n) is 10.6. The van der Waals surface area contributed by atoms with Crippen LogP contribution in [0.4, 0.5) is 0 Å². The van der Waals surface area contributed by atoms with Gasteiger partial charge < -0.3 is 9.88 Å². The fraction of sp³-hybridized carbons (Fsp3) is 0.429. The van der Waals surface area contributed by atoms with Crippen LogP contribution in [-0.2, 0) is 6.42 Å². The van der Waals surface area contributed by atoms with E-state index in [-0.39, 0.29) is 0 Å². The highest BCUT2D eigenvalue weighted by Crippen LogP contribution is 2.23. The minimum atomic E-state index is 1.09. The number of nitrogens with zero attached hydrogens (tertiary/aromatic N) is 1. The molecule has 1 N–H and O–H groups in total. The van der Waals surface area contributed by atoms with Crippen molar-refractivity contribution in [2.24, 2.45) is 0 Å². The van der Waals surface area contributed by atoms with Crippen molar-refractivity contribution in [2.45, 2.75) is 20.3 Å². The van der Waals surface area contributed by atoms with Crippen molar-refractivity contribution in [1.82, 2.24) is 9.88 Å². The zero-order valence-corrected chi connectivity index (χ0v) is 10.6. The van der Waals surface area contributed by atoms with Gasteiger partial charge in [0.1, 0.15) is 0 Å². The third-order valence-electron chi connectivity index (χ3n) is 3.13. The molecule has 0 bridgehead atoms. The molecule has 0 radical (unpaired) electrons. The lowest BCUT2D eigenvalue weighted by molar-refractivity contribution is 0.412. The second kappa shape index (κ2) is 4.30. The molecule has 2 heteroatoms. The molecule has 0 aliphatic carbocycles. The molecule has 1 aromatic heterocycles. The molecule has 1 heterocycles. The Morgan fingerprint density at radius 3 is 2.62 bits per heavy atom. The van der Waals surface area contributed by atoms with Crippen molar-refractivity contribution < 1.29 is 0 Å². The van der Waals surface area contributed by atoms with Crippen LogP contribution in [0, 0.1) is 13.8 Å². The van der Waals surface area contributed by atoms with Gasteiger partial charge in [-0.3, -0.25) is 0 Å². The van der Waals surface area contributed by atoms with E-state index in [1.807, 2.05) is 0 Å². The summed E-state index contributed by atoms with van der Waals surface area (Å²) in [5, 5.41) is 1.37. The highest BCUT2D eigenvalue weighted by atomic mass is 15.0. The summed E-state index contributed by atoms with van der Waals surface area (Å²) < 4.78 is 0. The Hall–Kier alpha value is -1.28. The summed E-state index contributed by atoms with van der Waals surface area (Å²) in [6.45, 7) is 5.45. The zero-order chi connectivity index (χ0) is 11.7. The fourth-order valence-corrected chi connectivity index (χ4v) is 2.08. The summed E-state index contributed by atoms with van der Waals surface area (Å²) in [6.07, 6.45) is 1.09. The van der Waals surface area contributed by atoms with Crippen molar-refractivity contribution in [3.63, 3.8) is 0 Å². The molecular weight excluding hydrogens is 196 g/mol. The van der Waals surface area contributed by atoms with Gasteiger partial charge in [0.2, 0.25) is 0 Å². The number of aromatic nitrogens is 1. The molecule has 0 aliphatic rings. The summed E-state index contributed by atoms with van der Waals surface area (Å²) in [5.41, 5.74) is 5.36. The molecule has 0 fully saturated rings. The first-order valence-electron chi connectivity index (χ1n) is 5.80. The van der Waals surface area contributed by atoms with E-state index < -0.39 is 0 Å². The van der Waals surface area contributed by atoms with Gasteiger partial charge in [0.15, 0.2) is 0 Å². The molecule has 2 aromatic rings. The van der Waals surface area contributed by atoms with Gasteiger partial charge in [-0.05, 0) is 45.6 Å². The molecule has 86 valence electrons. The van der Waals surface area contributed by atoms with Crippen molar-refractivity contribution in [3.8, 4) is 0 Å². The van der Waals surface area contributed by atoms with Crippen LogP contribution in [0.25, 0.3) is 10.9 Å². The van der Waals surface area contributed by atoms with Gasteiger partial charge in [0, 0.05) is 29.6 Å². The predicted molar refractivity (Wildman–Crippen MR) is 70.0 cm³/mol. The van der Waals surface area contributed by atoms with E-state index in [4.69, 9.17) is 0 Å². The third kappa shape index (κ3) is 2.12. The quantitative estimate of drug-likeness (QED) is 0.836. The number of likely N-dealkylation sites (N-methyl/N-ethyl adjacent to an activating group) is 1. The number of hydrogen-bond donors (Lipinski definition) is 1. The molecule has 0 saturated heterocycles. The Labute approximate surface area is 97.3 Å². The van der Waals surface area contributed by atoms with Crippen molar-refractivity contribution in [1.29, 1.82) is 0 Å². The highest BCUT2D eigenvalue weighted by molar-refractivity contribution is 5.85. The Bertz CT molecular complexity index is 495. The second-order valence-electron chi connectivity index (χ2n) is 4.83. The minimum Gasteiger partial charge on any atom is -0.358 e. The molecule has 1 aromatic carbocycles. The van der Waals surface area contributed by atoms with E-state index in [1.165, 1.54) is 27.7 Å². The van der Waals surface area contributed by atoms with Gasteiger partial charge in [0.05, 0.1) is 0 Å². The first kappa shape index (κ1) is 11.2. The van der Waals surface area contributed by atoms with Gasteiger partial charge >= 0.3 is 0 Å². The maximum Gasteiger partial charge on any atom is 0.0459 e. The summed E-state index contributed by atoms with van der Waals surface area (Å²) in [5.74, 6) is 0. The lowest BCUT2D eigenvalue weighted by atomic mass is 10.1. The second-order valence-corrected chi connectivity index (χ2v) is 4.83. The van der Waals surface area contributed by atoms with E-state index in [0.29, 0.717) is 0 Å². The van der Waals surface area contributed by atoms with E-state index in [0.717, 1.165) is 13.0 Å². The predicted octanol–water partition coefficient (Wildman–Crippen LogP) is 2.89. The van der Waals surface area contributed by atoms with Gasteiger partial charge in [-0.25, -0.2) is 0 Å². The molecule has 0 amide bonds. The average molecular weight is 216 g/mol. The van der Waals surface area contributed by atoms with Crippen LogP contribution in [0.15, 0.2) is 18.2 Å². The third-order valence-corrected chi connectivity index (χ3v) is 3.13. The molecule has 16 heavy (non-hydrogen) atoms. The number of H-pyrrole nitrogens is 1. The Balaban J connectivity index is 2.36. The van der Waals surface area contributed by atoms with Crippen molar-refractivity contribution >= 4 is 10.9 Å². The number of aryl methyl sites for hydroxylation is 2. The molecule has 0 atom stereocenters. The number of hydrogen-bond acceptors (Lipinski definition) is 1. The molecular formula is C14H20N2. The maximum atomic E-state index is 3.52. The number of fused-ring (bicyclic) bond motifs is 1. The number of rotatable bonds is 3. The normalized spacial score (nSPS) is 11.6. The molecule has 0 unspecified atom stereocenters. The first-order valence-corrected chi connectivity index (χ1v) is 5.80. The lowest BCUT2D eigenvalue weighted by Crippen LogP contribution is -2.15. The van der Waals surface area contributed by atoms with Crippen molar-refractivity contribution in [3.05, 3.63) is 35.0 Å². The smallest absolute Gasteiger partial charge is 0.0459 e. The van der Waals surface area contributed by atoms with Crippen LogP contribution in [0.3, 0.4) is 0 Å². The monoisotopic (exact) mass is 216 g/mol. The van der Waals surface area contributed by atoms with Gasteiger partial charge in [-0.1, -0.05) is 11.6 Å². The summed E-state index contributed by atoms with van der Waals surface area (Å²) in [6, 6.07) is 6.60. The van der Waals surface area contributed by atoms with Crippen LogP contribution < -0.4 is 0 Å². The van der Waals surface area contributed by atoms with E-state index >= 15 is 0 Å². The average Bonchev–Trinajstić information content (AvgIpc) is 2.53. The van der Waals surface area contributed by atoms with E-state index in [9.17, 15) is 0 Å². The Morgan fingerprint density at radius 2 is 1.94 bits per heavy atom. The highest BCUT2D eigenvalue weighted by Gasteiger charge is 2.07. The van der Waals surface area contributed by atoms with Gasteiger partial charge in [-0.2, -0.15) is 0 Å².